The van der Waals surface area contributed by atoms with E-state index in [0.29, 0.717) is 0 Å². The van der Waals surface area contributed by atoms with Crippen molar-refractivity contribution >= 4 is 17.5 Å². The largest absolute Gasteiger partial charge is 0.469 e. The van der Waals surface area contributed by atoms with E-state index < -0.39 is 35.0 Å². The fourth-order valence-electron chi connectivity index (χ4n) is 4.52. The van der Waals surface area contributed by atoms with Gasteiger partial charge in [0.1, 0.15) is 16.9 Å². The lowest BCUT2D eigenvalue weighted by Crippen LogP contribution is -2.54. The lowest BCUT2D eigenvalue weighted by Gasteiger charge is -2.45. The van der Waals surface area contributed by atoms with Gasteiger partial charge in [-0.1, -0.05) is 36.4 Å². The van der Waals surface area contributed by atoms with Crippen molar-refractivity contribution in [2.75, 3.05) is 14.2 Å². The summed E-state index contributed by atoms with van der Waals surface area (Å²) in [6, 6.07) is 7.79. The van der Waals surface area contributed by atoms with Crippen LogP contribution in [0.25, 0.3) is 5.57 Å². The number of esters is 2. The van der Waals surface area contributed by atoms with Gasteiger partial charge in [-0.15, -0.1) is 0 Å². The van der Waals surface area contributed by atoms with E-state index in [2.05, 4.69) is 0 Å². The van der Waals surface area contributed by atoms with Gasteiger partial charge in [-0.05, 0) is 29.7 Å². The Morgan fingerprint density at radius 3 is 2.62 bits per heavy atom. The van der Waals surface area contributed by atoms with Crippen LogP contribution in [-0.2, 0) is 29.4 Å². The molecule has 2 heterocycles. The predicted octanol–water partition coefficient (Wildman–Crippen LogP) is 2.22. The van der Waals surface area contributed by atoms with Crippen molar-refractivity contribution in [3.63, 3.8) is 0 Å². The van der Waals surface area contributed by atoms with E-state index in [-0.39, 0.29) is 0 Å². The molecule has 4 rings (SSSR count). The molecule has 1 aliphatic carbocycles. The zero-order valence-electron chi connectivity index (χ0n) is 13.7. The van der Waals surface area contributed by atoms with E-state index >= 15 is 0 Å². The van der Waals surface area contributed by atoms with Crippen LogP contribution in [0.2, 0.25) is 0 Å². The number of allylic oxidation sites excluding steroid dienone is 1. The molecular formula is C19H18O5. The first-order valence-electron chi connectivity index (χ1n) is 7.84. The second-order valence-corrected chi connectivity index (χ2v) is 6.41. The minimum Gasteiger partial charge on any atom is -0.469 e. The maximum atomic E-state index is 13.0. The highest BCUT2D eigenvalue weighted by atomic mass is 16.6. The molecule has 2 bridgehead atoms. The first kappa shape index (κ1) is 15.1. The molecule has 5 heteroatoms. The number of benzene rings is 1. The third-order valence-corrected chi connectivity index (χ3v) is 5.45. The lowest BCUT2D eigenvalue weighted by molar-refractivity contribution is -0.165. The number of ether oxygens (including phenoxy) is 3. The molecule has 0 unspecified atom stereocenters. The smallest absolute Gasteiger partial charge is 0.320 e. The first-order valence-corrected chi connectivity index (χ1v) is 7.84. The number of fused-ring (bicyclic) bond motifs is 2. The summed E-state index contributed by atoms with van der Waals surface area (Å²) in [5, 5.41) is 0. The van der Waals surface area contributed by atoms with Crippen LogP contribution in [0.5, 0.6) is 0 Å². The highest BCUT2D eigenvalue weighted by molar-refractivity contribution is 5.95. The average molecular weight is 326 g/mol. The summed E-state index contributed by atoms with van der Waals surface area (Å²) < 4.78 is 16.4. The Balaban J connectivity index is 2.07. The molecule has 1 spiro atoms. The predicted molar refractivity (Wildman–Crippen MR) is 85.7 cm³/mol. The standard InChI is InChI=1S/C19H18O5/c1-11-10-18(17(21)23-3)15(16(20)22-2)14-8-9-19(18,24-14)13-7-5-4-6-12(11)13/h4-10,14-15H,1-3H3/t14-,15-,18-,19-/m1/s1. The molecule has 0 radical (unpaired) electrons. The second-order valence-electron chi connectivity index (χ2n) is 6.41. The second kappa shape index (κ2) is 4.80. The van der Waals surface area contributed by atoms with E-state index in [0.717, 1.165) is 16.7 Å². The molecule has 124 valence electrons. The van der Waals surface area contributed by atoms with Crippen molar-refractivity contribution < 1.29 is 23.8 Å². The molecule has 4 atom stereocenters. The Hall–Kier alpha value is -2.40. The topological polar surface area (TPSA) is 61.8 Å². The minimum absolute atomic E-state index is 0.472. The fourth-order valence-corrected chi connectivity index (χ4v) is 4.52. The molecule has 3 aliphatic rings. The average Bonchev–Trinajstić information content (AvgIpc) is 3.16. The Bertz CT molecular complexity index is 808. The molecular weight excluding hydrogens is 308 g/mol. The van der Waals surface area contributed by atoms with Gasteiger partial charge in [0.05, 0.1) is 20.3 Å². The van der Waals surface area contributed by atoms with Crippen molar-refractivity contribution in [1.29, 1.82) is 0 Å². The van der Waals surface area contributed by atoms with Crippen LogP contribution in [0, 0.1) is 11.3 Å². The number of methoxy groups -OCH3 is 2. The van der Waals surface area contributed by atoms with Crippen LogP contribution in [0.4, 0.5) is 0 Å². The lowest BCUT2D eigenvalue weighted by atomic mass is 9.56. The quantitative estimate of drug-likeness (QED) is 0.616. The maximum absolute atomic E-state index is 13.0. The van der Waals surface area contributed by atoms with Crippen LogP contribution in [0.1, 0.15) is 18.1 Å². The van der Waals surface area contributed by atoms with Gasteiger partial charge in [0.25, 0.3) is 0 Å². The summed E-state index contributed by atoms with van der Waals surface area (Å²) in [7, 11) is 2.65. The van der Waals surface area contributed by atoms with Gasteiger partial charge >= 0.3 is 11.9 Å². The molecule has 0 amide bonds. The van der Waals surface area contributed by atoms with Gasteiger partial charge in [-0.3, -0.25) is 9.59 Å². The Kier molecular flexibility index (Phi) is 3.03. The van der Waals surface area contributed by atoms with Crippen LogP contribution >= 0.6 is 0 Å². The van der Waals surface area contributed by atoms with Crippen LogP contribution in [-0.4, -0.2) is 32.3 Å². The summed E-state index contributed by atoms with van der Waals surface area (Å²) in [6.45, 7) is 1.93. The molecule has 0 saturated carbocycles. The Labute approximate surface area is 139 Å². The van der Waals surface area contributed by atoms with E-state index in [1.807, 2.05) is 49.4 Å². The van der Waals surface area contributed by atoms with E-state index in [1.54, 1.807) is 0 Å². The molecule has 2 aliphatic heterocycles. The maximum Gasteiger partial charge on any atom is 0.320 e. The third kappa shape index (κ3) is 1.48. The van der Waals surface area contributed by atoms with E-state index in [4.69, 9.17) is 14.2 Å². The van der Waals surface area contributed by atoms with Crippen molar-refractivity contribution in [3.8, 4) is 0 Å². The molecule has 0 N–H and O–H groups in total. The van der Waals surface area contributed by atoms with Gasteiger partial charge < -0.3 is 14.2 Å². The van der Waals surface area contributed by atoms with Crippen molar-refractivity contribution in [2.24, 2.45) is 11.3 Å². The van der Waals surface area contributed by atoms with Crippen molar-refractivity contribution in [1.82, 2.24) is 0 Å². The number of carbonyl (C=O) groups is 2. The van der Waals surface area contributed by atoms with E-state index in [9.17, 15) is 9.59 Å². The molecule has 1 fully saturated rings. The van der Waals surface area contributed by atoms with Gasteiger partial charge in [0.2, 0.25) is 0 Å². The Morgan fingerprint density at radius 1 is 1.17 bits per heavy atom. The van der Waals surface area contributed by atoms with Gasteiger partial charge in [0, 0.05) is 0 Å². The number of rotatable bonds is 2. The minimum atomic E-state index is -1.26. The number of hydrogen-bond acceptors (Lipinski definition) is 5. The normalized spacial score (nSPS) is 35.0. The molecule has 1 saturated heterocycles. The molecule has 5 nitrogen and oxygen atoms in total. The number of hydrogen-bond donors (Lipinski definition) is 0. The molecule has 1 aromatic rings. The summed E-state index contributed by atoms with van der Waals surface area (Å²) in [6.07, 6.45) is 5.03. The summed E-state index contributed by atoms with van der Waals surface area (Å²) in [5.41, 5.74) is 0.500. The van der Waals surface area contributed by atoms with E-state index in [1.165, 1.54) is 14.2 Å². The fraction of sp³-hybridized carbons (Fsp3) is 0.368. The van der Waals surface area contributed by atoms with Crippen molar-refractivity contribution in [2.45, 2.75) is 18.6 Å². The highest BCUT2D eigenvalue weighted by Crippen LogP contribution is 2.65. The van der Waals surface area contributed by atoms with Crippen LogP contribution in [0.3, 0.4) is 0 Å². The zero-order chi connectivity index (χ0) is 17.1. The summed E-state index contributed by atoms with van der Waals surface area (Å²) >= 11 is 0. The van der Waals surface area contributed by atoms with Crippen LogP contribution < -0.4 is 0 Å². The first-order chi connectivity index (χ1) is 11.5. The van der Waals surface area contributed by atoms with Crippen LogP contribution in [0.15, 0.2) is 42.5 Å². The molecule has 24 heavy (non-hydrogen) atoms. The molecule has 1 aromatic carbocycles. The number of carbonyl (C=O) groups excluding carboxylic acids is 2. The third-order valence-electron chi connectivity index (χ3n) is 5.45. The zero-order valence-corrected chi connectivity index (χ0v) is 13.7. The van der Waals surface area contributed by atoms with Gasteiger partial charge in [-0.25, -0.2) is 0 Å². The molecule has 0 aromatic heterocycles. The highest BCUT2D eigenvalue weighted by Gasteiger charge is 2.74. The van der Waals surface area contributed by atoms with Crippen molar-refractivity contribution in [3.05, 3.63) is 53.6 Å². The Morgan fingerprint density at radius 2 is 1.92 bits per heavy atom. The van der Waals surface area contributed by atoms with Gasteiger partial charge in [0.15, 0.2) is 0 Å². The summed E-state index contributed by atoms with van der Waals surface area (Å²) in [5.74, 6) is -1.73. The monoisotopic (exact) mass is 326 g/mol. The SMILES string of the molecule is COC(=O)[C@H]1[C@H]2C=C[C@@]3(O2)c2ccccc2C(C)=C[C@]13C(=O)OC. The summed E-state index contributed by atoms with van der Waals surface area (Å²) in [4.78, 5) is 25.5. The van der Waals surface area contributed by atoms with Gasteiger partial charge in [-0.2, -0.15) is 0 Å².